The van der Waals surface area contributed by atoms with Crippen molar-refractivity contribution in [2.75, 3.05) is 24.1 Å². The Morgan fingerprint density at radius 1 is 1.31 bits per heavy atom. The van der Waals surface area contributed by atoms with Gasteiger partial charge in [-0.05, 0) is 43.2 Å². The number of rotatable bonds is 3. The highest BCUT2D eigenvalue weighted by atomic mass is 32.2. The average Bonchev–Trinajstić information content (AvgIpc) is 3.10. The van der Waals surface area contributed by atoms with Gasteiger partial charge in [-0.1, -0.05) is 5.57 Å². The van der Waals surface area contributed by atoms with Crippen LogP contribution in [0.4, 0.5) is 20.6 Å². The van der Waals surface area contributed by atoms with Gasteiger partial charge in [0.25, 0.3) is 0 Å². The highest BCUT2D eigenvalue weighted by Crippen LogP contribution is 2.56. The van der Waals surface area contributed by atoms with E-state index >= 15 is 0 Å². The molecule has 0 fully saturated rings. The second-order valence-electron chi connectivity index (χ2n) is 7.07. The average molecular weight is 413 g/mol. The number of aromatic nitrogens is 1. The summed E-state index contributed by atoms with van der Waals surface area (Å²) in [6.07, 6.45) is 4.19. The molecule has 3 amide bonds. The summed E-state index contributed by atoms with van der Waals surface area (Å²) in [6, 6.07) is 7.23. The Bertz CT molecular complexity index is 1010. The number of thioether (sulfide) groups is 1. The number of urea groups is 1. The summed E-state index contributed by atoms with van der Waals surface area (Å²) in [5.74, 6) is -1.04. The van der Waals surface area contributed by atoms with E-state index in [1.54, 1.807) is 29.4 Å². The lowest BCUT2D eigenvalue weighted by Crippen LogP contribution is -2.39. The minimum Gasteiger partial charge on any atom is -0.398 e. The van der Waals surface area contributed by atoms with Crippen molar-refractivity contribution >= 4 is 35.1 Å². The SMILES string of the molecule is NC(=O)C1(c2cc(F)ccc2N)CC2=C(CN(C(=O)Nc3cccnc3)CC2)S1. The van der Waals surface area contributed by atoms with Crippen molar-refractivity contribution in [3.63, 3.8) is 0 Å². The van der Waals surface area contributed by atoms with Gasteiger partial charge in [0.2, 0.25) is 5.91 Å². The summed E-state index contributed by atoms with van der Waals surface area (Å²) in [5.41, 5.74) is 14.2. The lowest BCUT2D eigenvalue weighted by molar-refractivity contribution is -0.120. The van der Waals surface area contributed by atoms with Gasteiger partial charge < -0.3 is 21.7 Å². The smallest absolute Gasteiger partial charge is 0.322 e. The van der Waals surface area contributed by atoms with Crippen molar-refractivity contribution in [1.29, 1.82) is 0 Å². The standard InChI is InChI=1S/C20H20FN5O2S/c21-13-3-4-16(22)15(8-13)20(18(23)27)9-12-5-7-26(11-17(12)29-20)19(28)25-14-2-1-6-24-10-14/h1-4,6,8,10H,5,7,9,11,22H2,(H2,23,27)(H,25,28). The lowest BCUT2D eigenvalue weighted by atomic mass is 9.87. The zero-order valence-electron chi connectivity index (χ0n) is 15.5. The van der Waals surface area contributed by atoms with Crippen molar-refractivity contribution in [2.45, 2.75) is 17.6 Å². The Morgan fingerprint density at radius 3 is 2.86 bits per heavy atom. The van der Waals surface area contributed by atoms with Crippen LogP contribution in [-0.4, -0.2) is 34.9 Å². The first-order valence-corrected chi connectivity index (χ1v) is 9.92. The number of nitrogens with one attached hydrogen (secondary N) is 1. The number of hydrogen-bond acceptors (Lipinski definition) is 5. The van der Waals surface area contributed by atoms with Gasteiger partial charge in [0.1, 0.15) is 10.6 Å². The molecule has 0 saturated carbocycles. The Balaban J connectivity index is 1.55. The fourth-order valence-electron chi connectivity index (χ4n) is 3.72. The van der Waals surface area contributed by atoms with Crippen LogP contribution in [0.1, 0.15) is 18.4 Å². The van der Waals surface area contributed by atoms with E-state index in [0.717, 1.165) is 10.5 Å². The minimum absolute atomic E-state index is 0.244. The largest absolute Gasteiger partial charge is 0.398 e. The molecule has 1 aromatic carbocycles. The molecule has 2 aliphatic rings. The summed E-state index contributed by atoms with van der Waals surface area (Å²) in [5, 5.41) is 2.81. The van der Waals surface area contributed by atoms with E-state index in [0.29, 0.717) is 42.9 Å². The molecule has 1 atom stereocenters. The van der Waals surface area contributed by atoms with Crippen LogP contribution in [0.5, 0.6) is 0 Å². The fourth-order valence-corrected chi connectivity index (χ4v) is 5.32. The highest BCUT2D eigenvalue weighted by Gasteiger charge is 2.48. The summed E-state index contributed by atoms with van der Waals surface area (Å²) in [4.78, 5) is 31.7. The minimum atomic E-state index is -1.16. The predicted octanol–water partition coefficient (Wildman–Crippen LogP) is 2.81. The van der Waals surface area contributed by atoms with E-state index in [1.807, 2.05) is 0 Å². The van der Waals surface area contributed by atoms with Crippen molar-refractivity contribution in [3.8, 4) is 0 Å². The Kier molecular flexibility index (Phi) is 4.91. The third-order valence-corrected chi connectivity index (χ3v) is 6.80. The number of hydrogen-bond donors (Lipinski definition) is 3. The Labute approximate surface area is 171 Å². The molecular weight excluding hydrogens is 393 g/mol. The zero-order chi connectivity index (χ0) is 20.6. The molecule has 2 aromatic rings. The molecule has 3 heterocycles. The molecule has 7 nitrogen and oxygen atoms in total. The molecule has 0 spiro atoms. The molecule has 1 unspecified atom stereocenters. The van der Waals surface area contributed by atoms with Crippen molar-refractivity contribution in [3.05, 3.63) is 64.6 Å². The fraction of sp³-hybridized carbons (Fsp3) is 0.250. The maximum atomic E-state index is 13.9. The van der Waals surface area contributed by atoms with Crippen LogP contribution in [0.25, 0.3) is 0 Å². The summed E-state index contributed by atoms with van der Waals surface area (Å²) < 4.78 is 12.7. The molecule has 0 saturated heterocycles. The van der Waals surface area contributed by atoms with Gasteiger partial charge in [-0.3, -0.25) is 9.78 Å². The van der Waals surface area contributed by atoms with Gasteiger partial charge in [-0.25, -0.2) is 9.18 Å². The summed E-state index contributed by atoms with van der Waals surface area (Å²) >= 11 is 1.28. The predicted molar refractivity (Wildman–Crippen MR) is 110 cm³/mol. The molecule has 0 bridgehead atoms. The van der Waals surface area contributed by atoms with Crippen LogP contribution >= 0.6 is 11.8 Å². The van der Waals surface area contributed by atoms with Gasteiger partial charge in [-0.2, -0.15) is 0 Å². The number of anilines is 2. The first-order valence-electron chi connectivity index (χ1n) is 9.10. The normalized spacial score (nSPS) is 21.1. The van der Waals surface area contributed by atoms with E-state index in [4.69, 9.17) is 11.5 Å². The first-order chi connectivity index (χ1) is 13.9. The van der Waals surface area contributed by atoms with Gasteiger partial charge >= 0.3 is 6.03 Å². The quantitative estimate of drug-likeness (QED) is 0.670. The van der Waals surface area contributed by atoms with Crippen molar-refractivity contribution < 1.29 is 14.0 Å². The number of benzene rings is 1. The van der Waals surface area contributed by atoms with E-state index < -0.39 is 16.5 Å². The van der Waals surface area contributed by atoms with Crippen LogP contribution in [-0.2, 0) is 9.54 Å². The molecule has 150 valence electrons. The molecule has 1 aromatic heterocycles. The van der Waals surface area contributed by atoms with E-state index in [1.165, 1.54) is 30.0 Å². The Hall–Kier alpha value is -3.07. The molecular formula is C20H20FN5O2S. The molecule has 0 aliphatic carbocycles. The first kappa shape index (κ1) is 19.3. The van der Waals surface area contributed by atoms with Gasteiger partial charge in [0.05, 0.1) is 18.4 Å². The van der Waals surface area contributed by atoms with Crippen LogP contribution in [0.3, 0.4) is 0 Å². The zero-order valence-corrected chi connectivity index (χ0v) is 16.3. The Morgan fingerprint density at radius 2 is 2.14 bits per heavy atom. The van der Waals surface area contributed by atoms with Crippen LogP contribution in [0.15, 0.2) is 53.2 Å². The number of nitrogen functional groups attached to an aromatic ring is 1. The van der Waals surface area contributed by atoms with Crippen LogP contribution < -0.4 is 16.8 Å². The second kappa shape index (κ2) is 7.40. The van der Waals surface area contributed by atoms with Crippen LogP contribution in [0.2, 0.25) is 0 Å². The second-order valence-corrected chi connectivity index (χ2v) is 8.47. The molecule has 2 aliphatic heterocycles. The molecule has 4 rings (SSSR count). The van der Waals surface area contributed by atoms with E-state index in [2.05, 4.69) is 10.3 Å². The van der Waals surface area contributed by atoms with E-state index in [9.17, 15) is 14.0 Å². The number of primary amides is 1. The molecule has 9 heteroatoms. The third-order valence-electron chi connectivity index (χ3n) is 5.22. The third kappa shape index (κ3) is 3.53. The van der Waals surface area contributed by atoms with Gasteiger partial charge in [0.15, 0.2) is 0 Å². The molecule has 29 heavy (non-hydrogen) atoms. The van der Waals surface area contributed by atoms with Crippen molar-refractivity contribution in [1.82, 2.24) is 9.88 Å². The number of carbonyl (C=O) groups is 2. The maximum Gasteiger partial charge on any atom is 0.322 e. The topological polar surface area (TPSA) is 114 Å². The van der Waals surface area contributed by atoms with Crippen LogP contribution in [0, 0.1) is 5.82 Å². The number of amides is 3. The van der Waals surface area contributed by atoms with Gasteiger partial charge in [0, 0.05) is 28.9 Å². The number of nitrogens with two attached hydrogens (primary N) is 2. The van der Waals surface area contributed by atoms with E-state index in [-0.39, 0.29) is 6.03 Å². The lowest BCUT2D eigenvalue weighted by Gasteiger charge is -2.28. The maximum absolute atomic E-state index is 13.9. The number of pyridine rings is 1. The monoisotopic (exact) mass is 413 g/mol. The number of halogens is 1. The summed E-state index contributed by atoms with van der Waals surface area (Å²) in [7, 11) is 0. The molecule has 0 radical (unpaired) electrons. The number of nitrogens with zero attached hydrogens (tertiary/aromatic N) is 2. The van der Waals surface area contributed by atoms with Gasteiger partial charge in [-0.15, -0.1) is 11.8 Å². The summed E-state index contributed by atoms with van der Waals surface area (Å²) in [6.45, 7) is 0.870. The van der Waals surface area contributed by atoms with Crippen molar-refractivity contribution in [2.24, 2.45) is 5.73 Å². The highest BCUT2D eigenvalue weighted by molar-refractivity contribution is 8.05. The number of carbonyl (C=O) groups excluding carboxylic acids is 2. The molecule has 5 N–H and O–H groups in total.